The number of piperazine rings is 1. The predicted molar refractivity (Wildman–Crippen MR) is 70.4 cm³/mol. The standard InChI is InChI=1S/C13H17ClN2O2/c14-12-3-1-11(2-4-12)9-15-5-7-16(8-6-15)13(18)10-17/h1-4,17H,5-10H2. The molecule has 1 N–H and O–H groups in total. The highest BCUT2D eigenvalue weighted by molar-refractivity contribution is 6.30. The Labute approximate surface area is 112 Å². The van der Waals surface area contributed by atoms with Gasteiger partial charge in [-0.15, -0.1) is 0 Å². The van der Waals surface area contributed by atoms with Crippen LogP contribution in [-0.4, -0.2) is 53.6 Å². The van der Waals surface area contributed by atoms with Crippen LogP contribution in [0.2, 0.25) is 5.02 Å². The first-order valence-corrected chi connectivity index (χ1v) is 6.42. The summed E-state index contributed by atoms with van der Waals surface area (Å²) in [6.07, 6.45) is 0. The van der Waals surface area contributed by atoms with E-state index in [1.165, 1.54) is 5.56 Å². The van der Waals surface area contributed by atoms with Gasteiger partial charge in [-0.1, -0.05) is 23.7 Å². The van der Waals surface area contributed by atoms with Gasteiger partial charge in [0.05, 0.1) is 0 Å². The van der Waals surface area contributed by atoms with E-state index < -0.39 is 6.61 Å². The van der Waals surface area contributed by atoms with Crippen molar-refractivity contribution in [3.8, 4) is 0 Å². The van der Waals surface area contributed by atoms with Gasteiger partial charge in [-0.3, -0.25) is 9.69 Å². The maximum absolute atomic E-state index is 11.3. The maximum Gasteiger partial charge on any atom is 0.248 e. The molecule has 1 amide bonds. The SMILES string of the molecule is O=C(CO)N1CCN(Cc2ccc(Cl)cc2)CC1. The second-order valence-electron chi connectivity index (χ2n) is 4.44. The van der Waals surface area contributed by atoms with Crippen LogP contribution in [0.5, 0.6) is 0 Å². The molecule has 5 heteroatoms. The van der Waals surface area contributed by atoms with Gasteiger partial charge >= 0.3 is 0 Å². The lowest BCUT2D eigenvalue weighted by Gasteiger charge is -2.34. The first-order valence-electron chi connectivity index (χ1n) is 6.04. The molecule has 1 aliphatic heterocycles. The number of carbonyl (C=O) groups is 1. The van der Waals surface area contributed by atoms with Crippen LogP contribution in [0.3, 0.4) is 0 Å². The molecule has 0 radical (unpaired) electrons. The molecule has 0 saturated carbocycles. The van der Waals surface area contributed by atoms with Crippen molar-refractivity contribution >= 4 is 17.5 Å². The number of aliphatic hydroxyl groups is 1. The van der Waals surface area contributed by atoms with E-state index in [2.05, 4.69) is 4.90 Å². The van der Waals surface area contributed by atoms with Gasteiger partial charge in [0.15, 0.2) is 0 Å². The van der Waals surface area contributed by atoms with E-state index in [4.69, 9.17) is 16.7 Å². The second kappa shape index (κ2) is 6.18. The third kappa shape index (κ3) is 3.45. The molecule has 1 heterocycles. The summed E-state index contributed by atoms with van der Waals surface area (Å²) < 4.78 is 0. The number of nitrogens with zero attached hydrogens (tertiary/aromatic N) is 2. The fraction of sp³-hybridized carbons (Fsp3) is 0.462. The lowest BCUT2D eigenvalue weighted by atomic mass is 10.2. The molecule has 1 aliphatic rings. The normalized spacial score (nSPS) is 16.9. The highest BCUT2D eigenvalue weighted by Crippen LogP contribution is 2.12. The minimum absolute atomic E-state index is 0.179. The van der Waals surface area contributed by atoms with Gasteiger partial charge in [-0.05, 0) is 17.7 Å². The van der Waals surface area contributed by atoms with Crippen molar-refractivity contribution in [3.63, 3.8) is 0 Å². The summed E-state index contributed by atoms with van der Waals surface area (Å²) in [5.74, 6) is -0.179. The smallest absolute Gasteiger partial charge is 0.248 e. The summed E-state index contributed by atoms with van der Waals surface area (Å²) in [4.78, 5) is 15.3. The Morgan fingerprint density at radius 2 is 1.78 bits per heavy atom. The summed E-state index contributed by atoms with van der Waals surface area (Å²) in [5.41, 5.74) is 1.22. The first kappa shape index (κ1) is 13.3. The molecule has 18 heavy (non-hydrogen) atoms. The zero-order valence-electron chi connectivity index (χ0n) is 10.2. The molecular weight excluding hydrogens is 252 g/mol. The quantitative estimate of drug-likeness (QED) is 0.889. The van der Waals surface area contributed by atoms with Crippen molar-refractivity contribution in [2.45, 2.75) is 6.54 Å². The number of benzene rings is 1. The Hall–Kier alpha value is -1.10. The van der Waals surface area contributed by atoms with Gasteiger partial charge in [0, 0.05) is 37.7 Å². The molecule has 4 nitrogen and oxygen atoms in total. The van der Waals surface area contributed by atoms with E-state index in [1.54, 1.807) is 4.90 Å². The fourth-order valence-electron chi connectivity index (χ4n) is 2.10. The van der Waals surface area contributed by atoms with Crippen LogP contribution >= 0.6 is 11.6 Å². The van der Waals surface area contributed by atoms with E-state index in [1.807, 2.05) is 24.3 Å². The summed E-state index contributed by atoms with van der Waals surface area (Å²) in [6, 6.07) is 7.83. The molecule has 0 bridgehead atoms. The third-order valence-corrected chi connectivity index (χ3v) is 3.43. The van der Waals surface area contributed by atoms with Crippen molar-refractivity contribution in [1.82, 2.24) is 9.80 Å². The van der Waals surface area contributed by atoms with E-state index in [0.29, 0.717) is 13.1 Å². The van der Waals surface area contributed by atoms with E-state index in [9.17, 15) is 4.79 Å². The van der Waals surface area contributed by atoms with Gasteiger partial charge in [0.25, 0.3) is 0 Å². The predicted octanol–water partition coefficient (Wildman–Crippen LogP) is 0.977. The average Bonchev–Trinajstić information content (AvgIpc) is 2.41. The number of hydrogen-bond acceptors (Lipinski definition) is 3. The van der Waals surface area contributed by atoms with Crippen LogP contribution in [0.4, 0.5) is 0 Å². The number of amides is 1. The van der Waals surface area contributed by atoms with Crippen molar-refractivity contribution in [2.75, 3.05) is 32.8 Å². The number of aliphatic hydroxyl groups excluding tert-OH is 1. The highest BCUT2D eigenvalue weighted by Gasteiger charge is 2.20. The molecule has 0 spiro atoms. The molecule has 0 aliphatic carbocycles. The van der Waals surface area contributed by atoms with Crippen LogP contribution in [-0.2, 0) is 11.3 Å². The van der Waals surface area contributed by atoms with Gasteiger partial charge < -0.3 is 10.0 Å². The molecule has 0 unspecified atom stereocenters. The number of rotatable bonds is 3. The maximum atomic E-state index is 11.3. The zero-order valence-corrected chi connectivity index (χ0v) is 10.9. The Morgan fingerprint density at radius 3 is 2.33 bits per heavy atom. The summed E-state index contributed by atoms with van der Waals surface area (Å²) >= 11 is 5.84. The molecule has 2 rings (SSSR count). The largest absolute Gasteiger partial charge is 0.387 e. The van der Waals surface area contributed by atoms with Crippen molar-refractivity contribution < 1.29 is 9.90 Å². The van der Waals surface area contributed by atoms with Gasteiger partial charge in [0.2, 0.25) is 5.91 Å². The molecule has 98 valence electrons. The molecule has 1 aromatic rings. The number of hydrogen-bond donors (Lipinski definition) is 1. The minimum atomic E-state index is -0.392. The average molecular weight is 269 g/mol. The topological polar surface area (TPSA) is 43.8 Å². The van der Waals surface area contributed by atoms with Gasteiger partial charge in [-0.2, -0.15) is 0 Å². The van der Waals surface area contributed by atoms with E-state index in [0.717, 1.165) is 24.7 Å². The Morgan fingerprint density at radius 1 is 1.17 bits per heavy atom. The summed E-state index contributed by atoms with van der Waals surface area (Å²) in [6.45, 7) is 3.54. The lowest BCUT2D eigenvalue weighted by Crippen LogP contribution is -2.49. The van der Waals surface area contributed by atoms with Crippen LogP contribution in [0, 0.1) is 0 Å². The van der Waals surface area contributed by atoms with Crippen LogP contribution in [0.15, 0.2) is 24.3 Å². The van der Waals surface area contributed by atoms with Crippen LogP contribution in [0.25, 0.3) is 0 Å². The fourth-order valence-corrected chi connectivity index (χ4v) is 2.23. The van der Waals surface area contributed by atoms with Crippen LogP contribution in [0.1, 0.15) is 5.56 Å². The van der Waals surface area contributed by atoms with Crippen molar-refractivity contribution in [2.24, 2.45) is 0 Å². The van der Waals surface area contributed by atoms with Crippen LogP contribution < -0.4 is 0 Å². The highest BCUT2D eigenvalue weighted by atomic mass is 35.5. The van der Waals surface area contributed by atoms with Gasteiger partial charge in [0.1, 0.15) is 6.61 Å². The zero-order chi connectivity index (χ0) is 13.0. The lowest BCUT2D eigenvalue weighted by molar-refractivity contribution is -0.135. The van der Waals surface area contributed by atoms with Crippen molar-refractivity contribution in [1.29, 1.82) is 0 Å². The van der Waals surface area contributed by atoms with E-state index >= 15 is 0 Å². The molecule has 0 atom stereocenters. The molecule has 0 aromatic heterocycles. The summed E-state index contributed by atoms with van der Waals surface area (Å²) in [5, 5.41) is 9.54. The monoisotopic (exact) mass is 268 g/mol. The summed E-state index contributed by atoms with van der Waals surface area (Å²) in [7, 11) is 0. The van der Waals surface area contributed by atoms with E-state index in [-0.39, 0.29) is 5.91 Å². The molecule has 1 aromatic carbocycles. The minimum Gasteiger partial charge on any atom is -0.387 e. The Balaban J connectivity index is 1.83. The Bertz CT molecular complexity index is 400. The second-order valence-corrected chi connectivity index (χ2v) is 4.88. The first-order chi connectivity index (χ1) is 8.69. The molecule has 1 fully saturated rings. The molecule has 1 saturated heterocycles. The molecular formula is C13H17ClN2O2. The van der Waals surface area contributed by atoms with Gasteiger partial charge in [-0.25, -0.2) is 0 Å². The number of carbonyl (C=O) groups excluding carboxylic acids is 1. The number of halogens is 1. The van der Waals surface area contributed by atoms with Crippen molar-refractivity contribution in [3.05, 3.63) is 34.9 Å². The Kier molecular flexibility index (Phi) is 4.58. The third-order valence-electron chi connectivity index (χ3n) is 3.18.